The number of carbonyl (C=O) groups is 3. The molecule has 0 aromatic heterocycles. The molecular weight excluding hydrogens is 342 g/mol. The largest absolute Gasteiger partial charge is 0.371 e. The molecule has 1 fully saturated rings. The fourth-order valence-corrected chi connectivity index (χ4v) is 3.32. The van der Waals surface area contributed by atoms with E-state index in [0.717, 1.165) is 37.9 Å². The first-order valence-electron chi connectivity index (χ1n) is 9.04. The minimum absolute atomic E-state index is 0.0534. The van der Waals surface area contributed by atoms with Gasteiger partial charge in [0.05, 0.1) is 11.3 Å². The second kappa shape index (κ2) is 8.49. The Kier molecular flexibility index (Phi) is 5.86. The van der Waals surface area contributed by atoms with Crippen molar-refractivity contribution in [2.24, 2.45) is 5.92 Å². The molecular formula is C21H23N3O3. The molecule has 0 radical (unpaired) electrons. The average Bonchev–Trinajstić information content (AvgIpc) is 2.73. The molecule has 0 bridgehead atoms. The van der Waals surface area contributed by atoms with E-state index in [1.165, 1.54) is 0 Å². The second-order valence-electron chi connectivity index (χ2n) is 6.58. The third-order valence-electron chi connectivity index (χ3n) is 4.92. The number of benzene rings is 2. The highest BCUT2D eigenvalue weighted by Gasteiger charge is 2.26. The predicted octanol–water partition coefficient (Wildman–Crippen LogP) is 2.71. The van der Waals surface area contributed by atoms with Gasteiger partial charge in [0.15, 0.2) is 0 Å². The molecule has 0 atom stereocenters. The summed E-state index contributed by atoms with van der Waals surface area (Å²) in [5.74, 6) is -0.366. The molecule has 1 saturated heterocycles. The third kappa shape index (κ3) is 4.34. The highest BCUT2D eigenvalue weighted by Crippen LogP contribution is 2.25. The number of amides is 2. The van der Waals surface area contributed by atoms with Crippen molar-refractivity contribution >= 4 is 29.5 Å². The van der Waals surface area contributed by atoms with Crippen LogP contribution in [0.25, 0.3) is 0 Å². The number of carbonyl (C=O) groups excluding carboxylic acids is 3. The van der Waals surface area contributed by atoms with Crippen molar-refractivity contribution < 1.29 is 14.4 Å². The van der Waals surface area contributed by atoms with E-state index in [0.29, 0.717) is 16.8 Å². The molecule has 0 spiro atoms. The molecule has 0 unspecified atom stereocenters. The lowest BCUT2D eigenvalue weighted by Gasteiger charge is -2.33. The lowest BCUT2D eigenvalue weighted by atomic mass is 9.95. The molecule has 27 heavy (non-hydrogen) atoms. The Labute approximate surface area is 158 Å². The van der Waals surface area contributed by atoms with Crippen LogP contribution in [-0.2, 0) is 4.79 Å². The van der Waals surface area contributed by atoms with Gasteiger partial charge in [0, 0.05) is 37.3 Å². The van der Waals surface area contributed by atoms with Crippen molar-refractivity contribution in [2.75, 3.05) is 30.4 Å². The van der Waals surface area contributed by atoms with Crippen LogP contribution in [0.1, 0.15) is 33.6 Å². The molecule has 2 aromatic rings. The zero-order chi connectivity index (χ0) is 19.2. The summed E-state index contributed by atoms with van der Waals surface area (Å²) in [6.45, 7) is 1.55. The van der Waals surface area contributed by atoms with Gasteiger partial charge in [0.2, 0.25) is 5.91 Å². The van der Waals surface area contributed by atoms with Crippen LogP contribution in [0.5, 0.6) is 0 Å². The Morgan fingerprint density at radius 2 is 1.70 bits per heavy atom. The van der Waals surface area contributed by atoms with E-state index in [1.807, 2.05) is 12.1 Å². The number of aldehydes is 1. The van der Waals surface area contributed by atoms with Gasteiger partial charge >= 0.3 is 0 Å². The maximum Gasteiger partial charge on any atom is 0.253 e. The number of para-hydroxylation sites is 1. The van der Waals surface area contributed by atoms with Gasteiger partial charge in [-0.05, 0) is 49.2 Å². The lowest BCUT2D eigenvalue weighted by Crippen LogP contribution is -2.38. The Hall–Kier alpha value is -3.15. The van der Waals surface area contributed by atoms with Crippen LogP contribution in [-0.4, -0.2) is 38.2 Å². The van der Waals surface area contributed by atoms with Gasteiger partial charge in [-0.3, -0.25) is 14.4 Å². The lowest BCUT2D eigenvalue weighted by molar-refractivity contribution is -0.120. The van der Waals surface area contributed by atoms with E-state index in [9.17, 15) is 14.4 Å². The third-order valence-corrected chi connectivity index (χ3v) is 4.92. The Morgan fingerprint density at radius 3 is 2.33 bits per heavy atom. The van der Waals surface area contributed by atoms with Crippen molar-refractivity contribution in [2.45, 2.75) is 12.8 Å². The summed E-state index contributed by atoms with van der Waals surface area (Å²) in [4.78, 5) is 37.6. The first-order chi connectivity index (χ1) is 13.1. The van der Waals surface area contributed by atoms with E-state index in [-0.39, 0.29) is 17.7 Å². The van der Waals surface area contributed by atoms with Gasteiger partial charge in [0.1, 0.15) is 6.29 Å². The summed E-state index contributed by atoms with van der Waals surface area (Å²) in [7, 11) is 1.57. The van der Waals surface area contributed by atoms with Crippen LogP contribution in [0, 0.1) is 5.92 Å². The Balaban J connectivity index is 1.60. The normalized spacial score (nSPS) is 14.5. The van der Waals surface area contributed by atoms with Crippen LogP contribution < -0.4 is 15.5 Å². The van der Waals surface area contributed by atoms with E-state index < -0.39 is 0 Å². The molecule has 0 aliphatic carbocycles. The number of hydrogen-bond donors (Lipinski definition) is 2. The molecule has 1 heterocycles. The van der Waals surface area contributed by atoms with E-state index >= 15 is 0 Å². The van der Waals surface area contributed by atoms with Gasteiger partial charge in [-0.15, -0.1) is 0 Å². The maximum atomic E-state index is 12.7. The van der Waals surface area contributed by atoms with Crippen molar-refractivity contribution in [3.63, 3.8) is 0 Å². The molecule has 6 nitrogen and oxygen atoms in total. The first kappa shape index (κ1) is 18.6. The first-order valence-corrected chi connectivity index (χ1v) is 9.04. The fraction of sp³-hybridized carbons (Fsp3) is 0.286. The molecule has 2 N–H and O–H groups in total. The van der Waals surface area contributed by atoms with Gasteiger partial charge in [0.25, 0.3) is 5.91 Å². The summed E-state index contributed by atoms with van der Waals surface area (Å²) in [6, 6.07) is 14.5. The Bertz CT molecular complexity index is 825. The van der Waals surface area contributed by atoms with E-state index in [2.05, 4.69) is 15.5 Å². The number of hydrogen-bond acceptors (Lipinski definition) is 4. The number of nitrogens with one attached hydrogen (secondary N) is 2. The van der Waals surface area contributed by atoms with Gasteiger partial charge in [-0.2, -0.15) is 0 Å². The van der Waals surface area contributed by atoms with Crippen LogP contribution in [0.3, 0.4) is 0 Å². The van der Waals surface area contributed by atoms with Crippen LogP contribution >= 0.6 is 0 Å². The topological polar surface area (TPSA) is 78.5 Å². The molecule has 2 amide bonds. The van der Waals surface area contributed by atoms with Gasteiger partial charge < -0.3 is 15.5 Å². The predicted molar refractivity (Wildman–Crippen MR) is 105 cm³/mol. The minimum atomic E-state index is -0.223. The molecule has 1 aliphatic heterocycles. The average molecular weight is 365 g/mol. The number of nitrogens with zero attached hydrogens (tertiary/aromatic N) is 1. The highest BCUT2D eigenvalue weighted by atomic mass is 16.2. The maximum absolute atomic E-state index is 12.7. The molecule has 140 valence electrons. The van der Waals surface area contributed by atoms with Crippen LogP contribution in [0.15, 0.2) is 48.5 Å². The van der Waals surface area contributed by atoms with Gasteiger partial charge in [-0.25, -0.2) is 0 Å². The van der Waals surface area contributed by atoms with Crippen molar-refractivity contribution in [3.05, 3.63) is 59.7 Å². The number of anilines is 2. The number of piperidine rings is 1. The van der Waals surface area contributed by atoms with Crippen LogP contribution in [0.4, 0.5) is 11.4 Å². The molecule has 6 heteroatoms. The summed E-state index contributed by atoms with van der Waals surface area (Å²) in [5, 5.41) is 5.50. The highest BCUT2D eigenvalue weighted by molar-refractivity contribution is 6.04. The summed E-state index contributed by atoms with van der Waals surface area (Å²) in [5.41, 5.74) is 2.71. The summed E-state index contributed by atoms with van der Waals surface area (Å²) >= 11 is 0. The van der Waals surface area contributed by atoms with Gasteiger partial charge in [-0.1, -0.05) is 12.1 Å². The standard InChI is InChI=1S/C21H23N3O3/c1-22-21(27)18-4-2-3-5-19(18)23-20(26)16-10-12-24(13-11-16)17-8-6-15(14-25)7-9-17/h2-9,14,16H,10-13H2,1H3,(H,22,27)(H,23,26). The van der Waals surface area contributed by atoms with Crippen molar-refractivity contribution in [3.8, 4) is 0 Å². The fourth-order valence-electron chi connectivity index (χ4n) is 3.32. The van der Waals surface area contributed by atoms with Crippen molar-refractivity contribution in [1.29, 1.82) is 0 Å². The molecule has 1 aliphatic rings. The monoisotopic (exact) mass is 365 g/mol. The molecule has 2 aromatic carbocycles. The van der Waals surface area contributed by atoms with E-state index in [1.54, 1.807) is 43.4 Å². The van der Waals surface area contributed by atoms with Crippen molar-refractivity contribution in [1.82, 2.24) is 5.32 Å². The quantitative estimate of drug-likeness (QED) is 0.799. The number of rotatable bonds is 5. The SMILES string of the molecule is CNC(=O)c1ccccc1NC(=O)C1CCN(c2ccc(C=O)cc2)CC1. The molecule has 0 saturated carbocycles. The van der Waals surface area contributed by atoms with Crippen LogP contribution in [0.2, 0.25) is 0 Å². The minimum Gasteiger partial charge on any atom is -0.371 e. The summed E-state index contributed by atoms with van der Waals surface area (Å²) in [6.07, 6.45) is 2.31. The Morgan fingerprint density at radius 1 is 1.04 bits per heavy atom. The zero-order valence-corrected chi connectivity index (χ0v) is 15.3. The summed E-state index contributed by atoms with van der Waals surface area (Å²) < 4.78 is 0. The molecule has 3 rings (SSSR count). The second-order valence-corrected chi connectivity index (χ2v) is 6.58. The van der Waals surface area contributed by atoms with E-state index in [4.69, 9.17) is 0 Å². The smallest absolute Gasteiger partial charge is 0.253 e. The zero-order valence-electron chi connectivity index (χ0n) is 15.3.